The highest BCUT2D eigenvalue weighted by Crippen LogP contribution is 2.26. The van der Waals surface area contributed by atoms with Crippen LogP contribution >= 0.6 is 11.6 Å². The fraction of sp³-hybridized carbons (Fsp3) is 0.538. The van der Waals surface area contributed by atoms with E-state index in [-0.39, 0.29) is 10.7 Å². The summed E-state index contributed by atoms with van der Waals surface area (Å²) >= 11 is 5.83. The van der Waals surface area contributed by atoms with Crippen LogP contribution in [0.3, 0.4) is 0 Å². The molecule has 0 bridgehead atoms. The fourth-order valence-electron chi connectivity index (χ4n) is 2.61. The number of piperidine rings is 1. The third kappa shape index (κ3) is 2.75. The zero-order chi connectivity index (χ0) is 13.3. The highest BCUT2D eigenvalue weighted by molar-refractivity contribution is 6.33. The number of carbonyl (C=O) groups is 1. The minimum atomic E-state index is -1.08. The number of carboxylic acid groups (broad SMARTS) is 1. The van der Waals surface area contributed by atoms with Crippen LogP contribution < -0.4 is 4.90 Å². The molecule has 1 aromatic heterocycles. The molecule has 2 rings (SSSR count). The third-order valence-electron chi connectivity index (χ3n) is 3.23. The number of nitrogens with zero attached hydrogens (tertiary/aromatic N) is 2. The highest BCUT2D eigenvalue weighted by atomic mass is 35.5. The van der Waals surface area contributed by atoms with Gasteiger partial charge in [-0.3, -0.25) is 0 Å². The normalized spacial score (nSPS) is 24.1. The molecule has 0 spiro atoms. The second-order valence-electron chi connectivity index (χ2n) is 5.16. The SMILES string of the molecule is CC1CC(C)CN(c2ccc(Cl)c(C(=O)O)n2)C1. The van der Waals surface area contributed by atoms with E-state index in [0.717, 1.165) is 13.1 Å². The number of aromatic nitrogens is 1. The van der Waals surface area contributed by atoms with E-state index in [1.165, 1.54) is 6.42 Å². The van der Waals surface area contributed by atoms with Gasteiger partial charge < -0.3 is 10.0 Å². The van der Waals surface area contributed by atoms with E-state index in [2.05, 4.69) is 23.7 Å². The van der Waals surface area contributed by atoms with Gasteiger partial charge in [-0.15, -0.1) is 0 Å². The topological polar surface area (TPSA) is 53.4 Å². The number of pyridine rings is 1. The van der Waals surface area contributed by atoms with Crippen molar-refractivity contribution in [3.8, 4) is 0 Å². The van der Waals surface area contributed by atoms with Crippen molar-refractivity contribution in [2.24, 2.45) is 11.8 Å². The number of aromatic carboxylic acids is 1. The van der Waals surface area contributed by atoms with Crippen LogP contribution in [0.25, 0.3) is 0 Å². The molecule has 5 heteroatoms. The van der Waals surface area contributed by atoms with Crippen LogP contribution in [0.1, 0.15) is 30.8 Å². The number of halogens is 1. The van der Waals surface area contributed by atoms with Crippen molar-refractivity contribution in [3.63, 3.8) is 0 Å². The number of carboxylic acids is 1. The summed E-state index contributed by atoms with van der Waals surface area (Å²) in [4.78, 5) is 17.3. The number of hydrogen-bond acceptors (Lipinski definition) is 3. The Morgan fingerprint density at radius 1 is 1.39 bits per heavy atom. The molecule has 2 atom stereocenters. The first kappa shape index (κ1) is 13.1. The van der Waals surface area contributed by atoms with Crippen molar-refractivity contribution in [2.45, 2.75) is 20.3 Å². The molecular weight excluding hydrogens is 252 g/mol. The Balaban J connectivity index is 2.28. The highest BCUT2D eigenvalue weighted by Gasteiger charge is 2.23. The third-order valence-corrected chi connectivity index (χ3v) is 3.53. The quantitative estimate of drug-likeness (QED) is 0.896. The van der Waals surface area contributed by atoms with Gasteiger partial charge in [-0.25, -0.2) is 9.78 Å². The Morgan fingerprint density at radius 3 is 2.56 bits per heavy atom. The average molecular weight is 269 g/mol. The predicted molar refractivity (Wildman–Crippen MR) is 71.4 cm³/mol. The largest absolute Gasteiger partial charge is 0.476 e. The van der Waals surface area contributed by atoms with Gasteiger partial charge >= 0.3 is 5.97 Å². The maximum Gasteiger partial charge on any atom is 0.356 e. The van der Waals surface area contributed by atoms with Crippen molar-refractivity contribution in [1.29, 1.82) is 0 Å². The first-order valence-electron chi connectivity index (χ1n) is 6.12. The second-order valence-corrected chi connectivity index (χ2v) is 5.56. The molecule has 0 radical (unpaired) electrons. The van der Waals surface area contributed by atoms with E-state index in [4.69, 9.17) is 16.7 Å². The van der Waals surface area contributed by atoms with Crippen molar-refractivity contribution in [1.82, 2.24) is 4.98 Å². The number of hydrogen-bond donors (Lipinski definition) is 1. The second kappa shape index (κ2) is 5.14. The van der Waals surface area contributed by atoms with Crippen LogP contribution in [-0.4, -0.2) is 29.1 Å². The summed E-state index contributed by atoms with van der Waals surface area (Å²) in [5, 5.41) is 9.21. The first-order valence-corrected chi connectivity index (χ1v) is 6.50. The zero-order valence-electron chi connectivity index (χ0n) is 10.6. The lowest BCUT2D eigenvalue weighted by molar-refractivity contribution is 0.0691. The van der Waals surface area contributed by atoms with E-state index in [9.17, 15) is 4.79 Å². The predicted octanol–water partition coefficient (Wildman–Crippen LogP) is 2.92. The summed E-state index contributed by atoms with van der Waals surface area (Å²) in [7, 11) is 0. The lowest BCUT2D eigenvalue weighted by atomic mass is 9.92. The Morgan fingerprint density at radius 2 is 2.00 bits per heavy atom. The van der Waals surface area contributed by atoms with Crippen molar-refractivity contribution in [2.75, 3.05) is 18.0 Å². The van der Waals surface area contributed by atoms with Crippen LogP contribution in [0.5, 0.6) is 0 Å². The molecule has 1 saturated heterocycles. The van der Waals surface area contributed by atoms with Crippen LogP contribution in [0.2, 0.25) is 5.02 Å². The Kier molecular flexibility index (Phi) is 3.76. The van der Waals surface area contributed by atoms with Gasteiger partial charge in [0.25, 0.3) is 0 Å². The summed E-state index contributed by atoms with van der Waals surface area (Å²) < 4.78 is 0. The van der Waals surface area contributed by atoms with Gasteiger partial charge in [0.2, 0.25) is 0 Å². The van der Waals surface area contributed by atoms with Gasteiger partial charge in [0, 0.05) is 13.1 Å². The molecule has 0 amide bonds. The standard InChI is InChI=1S/C13H17ClN2O2/c1-8-5-9(2)7-16(6-8)11-4-3-10(14)12(15-11)13(17)18/h3-4,8-9H,5-7H2,1-2H3,(H,17,18). The van der Waals surface area contributed by atoms with Gasteiger partial charge in [0.15, 0.2) is 5.69 Å². The minimum Gasteiger partial charge on any atom is -0.476 e. The summed E-state index contributed by atoms with van der Waals surface area (Å²) in [6, 6.07) is 3.40. The minimum absolute atomic E-state index is 0.0694. The van der Waals surface area contributed by atoms with Gasteiger partial charge in [-0.05, 0) is 30.4 Å². The molecule has 1 fully saturated rings. The molecule has 0 saturated carbocycles. The Labute approximate surface area is 112 Å². The number of rotatable bonds is 2. The maximum atomic E-state index is 11.0. The van der Waals surface area contributed by atoms with Gasteiger partial charge in [-0.2, -0.15) is 0 Å². The first-order chi connectivity index (χ1) is 8.47. The van der Waals surface area contributed by atoms with E-state index >= 15 is 0 Å². The molecule has 2 heterocycles. The number of anilines is 1. The van der Waals surface area contributed by atoms with Gasteiger partial charge in [-0.1, -0.05) is 25.4 Å². The summed E-state index contributed by atoms with van der Waals surface area (Å²) in [5.74, 6) is 0.814. The molecule has 1 N–H and O–H groups in total. The van der Waals surface area contributed by atoms with Gasteiger partial charge in [0.1, 0.15) is 5.82 Å². The van der Waals surface area contributed by atoms with Crippen LogP contribution in [0, 0.1) is 11.8 Å². The van der Waals surface area contributed by atoms with Crippen LogP contribution in [0.4, 0.5) is 5.82 Å². The molecular formula is C13H17ClN2O2. The smallest absolute Gasteiger partial charge is 0.356 e. The molecule has 4 nitrogen and oxygen atoms in total. The lowest BCUT2D eigenvalue weighted by Gasteiger charge is -2.35. The van der Waals surface area contributed by atoms with E-state index < -0.39 is 5.97 Å². The lowest BCUT2D eigenvalue weighted by Crippen LogP contribution is -2.39. The van der Waals surface area contributed by atoms with Gasteiger partial charge in [0.05, 0.1) is 5.02 Å². The van der Waals surface area contributed by atoms with E-state index in [1.807, 2.05) is 0 Å². The fourth-order valence-corrected chi connectivity index (χ4v) is 2.79. The van der Waals surface area contributed by atoms with E-state index in [0.29, 0.717) is 17.7 Å². The molecule has 2 unspecified atom stereocenters. The molecule has 1 aromatic rings. The Hall–Kier alpha value is -1.29. The summed E-state index contributed by atoms with van der Waals surface area (Å²) in [5.41, 5.74) is -0.0694. The molecule has 1 aliphatic rings. The average Bonchev–Trinajstić information content (AvgIpc) is 2.27. The Bertz CT molecular complexity index is 454. The summed E-state index contributed by atoms with van der Waals surface area (Å²) in [6.45, 7) is 6.24. The maximum absolute atomic E-state index is 11.0. The molecule has 0 aromatic carbocycles. The molecule has 1 aliphatic heterocycles. The zero-order valence-corrected chi connectivity index (χ0v) is 11.3. The molecule has 0 aliphatic carbocycles. The molecule has 98 valence electrons. The van der Waals surface area contributed by atoms with Crippen molar-refractivity contribution < 1.29 is 9.90 Å². The van der Waals surface area contributed by atoms with E-state index in [1.54, 1.807) is 12.1 Å². The summed E-state index contributed by atoms with van der Waals surface area (Å²) in [6.07, 6.45) is 1.20. The van der Waals surface area contributed by atoms with Crippen LogP contribution in [-0.2, 0) is 0 Å². The van der Waals surface area contributed by atoms with Crippen molar-refractivity contribution >= 4 is 23.4 Å². The molecule has 18 heavy (non-hydrogen) atoms. The van der Waals surface area contributed by atoms with Crippen molar-refractivity contribution in [3.05, 3.63) is 22.8 Å². The van der Waals surface area contributed by atoms with Crippen LogP contribution in [0.15, 0.2) is 12.1 Å². The monoisotopic (exact) mass is 268 g/mol.